The Labute approximate surface area is 83.5 Å². The van der Waals surface area contributed by atoms with Crippen LogP contribution in [0.25, 0.3) is 0 Å². The lowest BCUT2D eigenvalue weighted by Gasteiger charge is -2.30. The van der Waals surface area contributed by atoms with E-state index in [2.05, 4.69) is 20.5 Å². The molecule has 0 saturated carbocycles. The molecule has 2 aliphatic rings. The average molecular weight is 190 g/mol. The minimum atomic E-state index is -0.377. The summed E-state index contributed by atoms with van der Waals surface area (Å²) in [5.74, 6) is 0. The van der Waals surface area contributed by atoms with Crippen molar-refractivity contribution >= 4 is 0 Å². The maximum absolute atomic E-state index is 4.27. The van der Waals surface area contributed by atoms with Gasteiger partial charge in [0.2, 0.25) is 0 Å². The molecule has 0 aromatic rings. The minimum absolute atomic E-state index is 0.377. The van der Waals surface area contributed by atoms with Gasteiger partial charge < -0.3 is 0 Å². The van der Waals surface area contributed by atoms with E-state index >= 15 is 0 Å². The Morgan fingerprint density at radius 3 is 1.43 bits per heavy atom. The van der Waals surface area contributed by atoms with E-state index in [9.17, 15) is 0 Å². The molecule has 0 bridgehead atoms. The predicted octanol–water partition coefficient (Wildman–Crippen LogP) is 3.24. The molecule has 4 heteroatoms. The molecule has 0 fully saturated rings. The van der Waals surface area contributed by atoms with Crippen molar-refractivity contribution in [1.82, 2.24) is 0 Å². The molecule has 0 spiro atoms. The zero-order valence-corrected chi connectivity index (χ0v) is 8.94. The Balaban J connectivity index is 2.43. The topological polar surface area (TPSA) is 49.4 Å². The van der Waals surface area contributed by atoms with Crippen LogP contribution >= 0.6 is 0 Å². The van der Waals surface area contributed by atoms with Crippen LogP contribution in [0.15, 0.2) is 44.0 Å². The number of hydrogen-bond acceptors (Lipinski definition) is 4. The molecule has 74 valence electrons. The van der Waals surface area contributed by atoms with Gasteiger partial charge in [0.15, 0.2) is 0 Å². The van der Waals surface area contributed by atoms with Crippen LogP contribution in [0.4, 0.5) is 0 Å². The molecule has 0 aromatic heterocycles. The van der Waals surface area contributed by atoms with Gasteiger partial charge >= 0.3 is 0 Å². The van der Waals surface area contributed by atoms with Crippen LogP contribution in [0.5, 0.6) is 0 Å². The van der Waals surface area contributed by atoms with Gasteiger partial charge in [0.1, 0.15) is 11.1 Å². The summed E-state index contributed by atoms with van der Waals surface area (Å²) in [4.78, 5) is 0. The van der Waals surface area contributed by atoms with Gasteiger partial charge in [-0.05, 0) is 39.8 Å². The molecule has 2 rings (SSSR count). The first-order valence-corrected chi connectivity index (χ1v) is 4.70. The fourth-order valence-corrected chi connectivity index (χ4v) is 1.79. The van der Waals surface area contributed by atoms with Crippen molar-refractivity contribution in [3.8, 4) is 0 Å². The van der Waals surface area contributed by atoms with Gasteiger partial charge in [0.25, 0.3) is 0 Å². The highest BCUT2D eigenvalue weighted by Gasteiger charge is 2.46. The van der Waals surface area contributed by atoms with E-state index in [1.54, 1.807) is 0 Å². The average Bonchev–Trinajstić information content (AvgIpc) is 2.59. The molecule has 0 radical (unpaired) electrons. The predicted molar refractivity (Wildman–Crippen MR) is 54.0 cm³/mol. The summed E-state index contributed by atoms with van der Waals surface area (Å²) < 4.78 is 0. The molecule has 0 saturated heterocycles. The number of hydrogen-bond donors (Lipinski definition) is 0. The van der Waals surface area contributed by atoms with Crippen LogP contribution in [0.1, 0.15) is 27.7 Å². The molecule has 2 heterocycles. The summed E-state index contributed by atoms with van der Waals surface area (Å²) in [7, 11) is 0. The highest BCUT2D eigenvalue weighted by atomic mass is 15.3. The molecule has 2 atom stereocenters. The van der Waals surface area contributed by atoms with Crippen LogP contribution in [0.2, 0.25) is 0 Å². The zero-order chi connectivity index (χ0) is 10.4. The lowest BCUT2D eigenvalue weighted by atomic mass is 9.80. The summed E-state index contributed by atoms with van der Waals surface area (Å²) in [6.07, 6.45) is 4.09. The monoisotopic (exact) mass is 190 g/mol. The van der Waals surface area contributed by atoms with Crippen molar-refractivity contribution in [3.05, 3.63) is 23.5 Å². The summed E-state index contributed by atoms with van der Waals surface area (Å²) in [6.45, 7) is 7.95. The minimum Gasteiger partial charge on any atom is -0.175 e. The van der Waals surface area contributed by atoms with Gasteiger partial charge in [0.05, 0.1) is 11.4 Å². The second-order valence-corrected chi connectivity index (χ2v) is 4.27. The first kappa shape index (κ1) is 9.24. The first-order valence-electron chi connectivity index (χ1n) is 4.70. The molecule has 4 nitrogen and oxygen atoms in total. The fraction of sp³-hybridized carbons (Fsp3) is 0.600. The summed E-state index contributed by atoms with van der Waals surface area (Å²) in [6, 6.07) is 0. The van der Waals surface area contributed by atoms with E-state index in [-0.39, 0.29) is 11.1 Å². The van der Waals surface area contributed by atoms with Gasteiger partial charge in [-0.3, -0.25) is 0 Å². The third-order valence-corrected chi connectivity index (χ3v) is 2.84. The Morgan fingerprint density at radius 1 is 0.857 bits per heavy atom. The number of allylic oxidation sites excluding steroid dienone is 2. The molecular formula is C10H14N4. The first-order chi connectivity index (χ1) is 6.45. The summed E-state index contributed by atoms with van der Waals surface area (Å²) in [5, 5.41) is 16.7. The Bertz CT molecular complexity index is 353. The van der Waals surface area contributed by atoms with Crippen LogP contribution in [-0.2, 0) is 0 Å². The third-order valence-electron chi connectivity index (χ3n) is 2.84. The largest absolute Gasteiger partial charge is 0.175 e. The highest BCUT2D eigenvalue weighted by molar-refractivity contribution is 5.32. The second-order valence-electron chi connectivity index (χ2n) is 4.27. The van der Waals surface area contributed by atoms with E-state index < -0.39 is 0 Å². The van der Waals surface area contributed by atoms with Crippen LogP contribution in [0, 0.1) is 0 Å². The molecule has 2 aliphatic heterocycles. The van der Waals surface area contributed by atoms with Gasteiger partial charge in [-0.2, -0.15) is 20.5 Å². The molecule has 0 aromatic carbocycles. The summed E-state index contributed by atoms with van der Waals surface area (Å²) >= 11 is 0. The maximum Gasteiger partial charge on any atom is 0.129 e. The Morgan fingerprint density at radius 2 is 1.21 bits per heavy atom. The quantitative estimate of drug-likeness (QED) is 0.609. The van der Waals surface area contributed by atoms with Crippen LogP contribution in [-0.4, -0.2) is 11.1 Å². The van der Waals surface area contributed by atoms with Crippen molar-refractivity contribution in [2.75, 3.05) is 0 Å². The standard InChI is InChI=1S/C10H14N4/c1-7-5-9(3,13-11-7)10(4)6-8(2)12-14-10/h5-6H,1-4H3. The van der Waals surface area contributed by atoms with Crippen molar-refractivity contribution in [2.45, 2.75) is 38.8 Å². The molecule has 2 unspecified atom stereocenters. The van der Waals surface area contributed by atoms with E-state index in [1.165, 1.54) is 0 Å². The maximum atomic E-state index is 4.27. The fourth-order valence-electron chi connectivity index (χ4n) is 1.79. The van der Waals surface area contributed by atoms with Gasteiger partial charge in [-0.15, -0.1) is 0 Å². The number of azo groups is 2. The SMILES string of the molecule is CC1=CC(C)(C2(C)C=C(C)N=N2)N=N1. The molecule has 0 N–H and O–H groups in total. The van der Waals surface area contributed by atoms with E-state index in [0.29, 0.717) is 0 Å². The summed E-state index contributed by atoms with van der Waals surface area (Å²) in [5.41, 5.74) is 1.14. The van der Waals surface area contributed by atoms with Gasteiger partial charge in [-0.1, -0.05) is 0 Å². The van der Waals surface area contributed by atoms with Crippen molar-refractivity contribution in [1.29, 1.82) is 0 Å². The van der Waals surface area contributed by atoms with Crippen LogP contribution in [0.3, 0.4) is 0 Å². The van der Waals surface area contributed by atoms with Crippen molar-refractivity contribution in [2.24, 2.45) is 20.5 Å². The molecular weight excluding hydrogens is 176 g/mol. The lowest BCUT2D eigenvalue weighted by Crippen LogP contribution is -2.42. The third kappa shape index (κ3) is 1.14. The van der Waals surface area contributed by atoms with Crippen molar-refractivity contribution in [3.63, 3.8) is 0 Å². The van der Waals surface area contributed by atoms with E-state index in [4.69, 9.17) is 0 Å². The van der Waals surface area contributed by atoms with Gasteiger partial charge in [-0.25, -0.2) is 0 Å². The number of nitrogens with zero attached hydrogens (tertiary/aromatic N) is 4. The van der Waals surface area contributed by atoms with E-state index in [0.717, 1.165) is 11.4 Å². The second kappa shape index (κ2) is 2.59. The highest BCUT2D eigenvalue weighted by Crippen LogP contribution is 2.41. The van der Waals surface area contributed by atoms with Crippen LogP contribution < -0.4 is 0 Å². The smallest absolute Gasteiger partial charge is 0.129 e. The Kier molecular flexibility index (Phi) is 1.71. The number of rotatable bonds is 1. The Hall–Kier alpha value is -1.32. The normalized spacial score (nSPS) is 40.3. The molecule has 0 amide bonds. The molecule has 14 heavy (non-hydrogen) atoms. The zero-order valence-electron chi connectivity index (χ0n) is 8.94. The van der Waals surface area contributed by atoms with Crippen molar-refractivity contribution < 1.29 is 0 Å². The lowest BCUT2D eigenvalue weighted by molar-refractivity contribution is 0.385. The van der Waals surface area contributed by atoms with E-state index in [1.807, 2.05) is 39.8 Å². The van der Waals surface area contributed by atoms with Gasteiger partial charge in [0, 0.05) is 0 Å². The molecule has 0 aliphatic carbocycles.